The Balaban J connectivity index is 1.45. The number of amides is 2. The van der Waals surface area contributed by atoms with Crippen LogP contribution in [0.5, 0.6) is 0 Å². The molecule has 0 spiro atoms. The Kier molecular flexibility index (Phi) is 6.90. The van der Waals surface area contributed by atoms with Gasteiger partial charge in [-0.2, -0.15) is 0 Å². The highest BCUT2D eigenvalue weighted by molar-refractivity contribution is 7.98. The molecule has 2 aromatic heterocycles. The molecular weight excluding hydrogens is 456 g/mol. The lowest BCUT2D eigenvalue weighted by atomic mass is 10.1. The van der Waals surface area contributed by atoms with E-state index in [9.17, 15) is 9.59 Å². The van der Waals surface area contributed by atoms with Crippen LogP contribution in [0.1, 0.15) is 34.3 Å². The van der Waals surface area contributed by atoms with Crippen molar-refractivity contribution in [1.82, 2.24) is 10.1 Å². The third-order valence-electron chi connectivity index (χ3n) is 4.91. The van der Waals surface area contributed by atoms with Gasteiger partial charge in [-0.25, -0.2) is 4.98 Å². The summed E-state index contributed by atoms with van der Waals surface area (Å²) >= 11 is 2.93. The van der Waals surface area contributed by atoms with Gasteiger partial charge in [0.1, 0.15) is 5.76 Å². The topological polar surface area (TPSA) is 97.1 Å². The number of nitrogens with one attached hydrogen (secondary N) is 2. The molecule has 2 heterocycles. The molecule has 9 heteroatoms. The summed E-state index contributed by atoms with van der Waals surface area (Å²) in [6.07, 6.45) is 0. The summed E-state index contributed by atoms with van der Waals surface area (Å²) in [7, 11) is 0. The van der Waals surface area contributed by atoms with E-state index in [4.69, 9.17) is 4.52 Å². The summed E-state index contributed by atoms with van der Waals surface area (Å²) in [6.45, 7) is 5.27. The molecule has 0 saturated heterocycles. The van der Waals surface area contributed by atoms with Crippen molar-refractivity contribution < 1.29 is 14.1 Å². The van der Waals surface area contributed by atoms with Gasteiger partial charge in [-0.05, 0) is 38.1 Å². The highest BCUT2D eigenvalue weighted by atomic mass is 32.2. The second-order valence-corrected chi connectivity index (χ2v) is 9.21. The Morgan fingerprint density at radius 2 is 1.82 bits per heavy atom. The fraction of sp³-hybridized carbons (Fsp3) is 0.167. The van der Waals surface area contributed by atoms with Gasteiger partial charge in [0.15, 0.2) is 5.13 Å². The molecule has 4 rings (SSSR count). The monoisotopic (exact) mass is 478 g/mol. The van der Waals surface area contributed by atoms with Gasteiger partial charge in [-0.3, -0.25) is 14.9 Å². The lowest BCUT2D eigenvalue weighted by Crippen LogP contribution is -2.12. The number of aromatic nitrogens is 2. The van der Waals surface area contributed by atoms with Crippen LogP contribution < -0.4 is 10.6 Å². The van der Waals surface area contributed by atoms with Gasteiger partial charge in [-0.1, -0.05) is 29.4 Å². The van der Waals surface area contributed by atoms with Crippen LogP contribution in [0, 0.1) is 13.8 Å². The molecule has 0 atom stereocenters. The first-order valence-electron chi connectivity index (χ1n) is 10.2. The standard InChI is InChI=1S/C24H22N4O3S2/c1-14-20(15(2)31-28-14)12-32-22-7-5-4-6-19(22)23(30)27-24-26-21(13-33-24)17-8-10-18(11-9-17)25-16(3)29/h4-11,13H,12H2,1-3H3,(H,25,29)(H,26,27,30). The zero-order valence-corrected chi connectivity index (χ0v) is 20.0. The average molecular weight is 479 g/mol. The maximum atomic E-state index is 13.0. The molecule has 0 bridgehead atoms. The van der Waals surface area contributed by atoms with Crippen LogP contribution in [-0.4, -0.2) is 22.0 Å². The van der Waals surface area contributed by atoms with E-state index in [0.717, 1.165) is 38.9 Å². The number of rotatable bonds is 7. The van der Waals surface area contributed by atoms with Gasteiger partial charge in [0, 0.05) is 39.8 Å². The van der Waals surface area contributed by atoms with Crippen LogP contribution in [-0.2, 0) is 10.5 Å². The van der Waals surface area contributed by atoms with Crippen molar-refractivity contribution in [1.29, 1.82) is 0 Å². The van der Waals surface area contributed by atoms with Gasteiger partial charge in [0.25, 0.3) is 5.91 Å². The predicted molar refractivity (Wildman–Crippen MR) is 132 cm³/mol. The van der Waals surface area contributed by atoms with E-state index in [2.05, 4.69) is 20.8 Å². The molecule has 2 aromatic carbocycles. The second kappa shape index (κ2) is 10.0. The predicted octanol–water partition coefficient (Wildman–Crippen LogP) is 5.92. The minimum Gasteiger partial charge on any atom is -0.361 e. The second-order valence-electron chi connectivity index (χ2n) is 7.34. The van der Waals surface area contributed by atoms with E-state index in [1.165, 1.54) is 18.3 Å². The number of thiazole rings is 1. The van der Waals surface area contributed by atoms with Gasteiger partial charge < -0.3 is 9.84 Å². The minimum atomic E-state index is -0.209. The molecule has 4 aromatic rings. The van der Waals surface area contributed by atoms with Crippen molar-refractivity contribution in [2.24, 2.45) is 0 Å². The fourth-order valence-electron chi connectivity index (χ4n) is 3.19. The van der Waals surface area contributed by atoms with Crippen molar-refractivity contribution in [3.05, 3.63) is 76.5 Å². The fourth-order valence-corrected chi connectivity index (χ4v) is 5.11. The van der Waals surface area contributed by atoms with Crippen LogP contribution in [0.15, 0.2) is 63.3 Å². The van der Waals surface area contributed by atoms with E-state index in [1.807, 2.05) is 61.7 Å². The van der Waals surface area contributed by atoms with Crippen molar-refractivity contribution in [3.63, 3.8) is 0 Å². The summed E-state index contributed by atoms with van der Waals surface area (Å²) < 4.78 is 5.23. The average Bonchev–Trinajstić information content (AvgIpc) is 3.39. The van der Waals surface area contributed by atoms with Gasteiger partial charge in [-0.15, -0.1) is 23.1 Å². The summed E-state index contributed by atoms with van der Waals surface area (Å²) in [5.74, 6) is 1.13. The number of hydrogen-bond donors (Lipinski definition) is 2. The first-order valence-corrected chi connectivity index (χ1v) is 12.1. The Hall–Kier alpha value is -3.43. The summed E-state index contributed by atoms with van der Waals surface area (Å²) in [5.41, 5.74) is 4.88. The SMILES string of the molecule is CC(=O)Nc1ccc(-c2csc(NC(=O)c3ccccc3SCc3c(C)noc3C)n2)cc1. The molecule has 0 fully saturated rings. The minimum absolute atomic E-state index is 0.119. The van der Waals surface area contributed by atoms with Crippen LogP contribution in [0.2, 0.25) is 0 Å². The molecule has 7 nitrogen and oxygen atoms in total. The number of anilines is 2. The zero-order chi connectivity index (χ0) is 23.4. The highest BCUT2D eigenvalue weighted by Crippen LogP contribution is 2.30. The first-order chi connectivity index (χ1) is 15.9. The van der Waals surface area contributed by atoms with Crippen LogP contribution in [0.4, 0.5) is 10.8 Å². The van der Waals surface area contributed by atoms with Gasteiger partial charge in [0.05, 0.1) is 17.0 Å². The zero-order valence-electron chi connectivity index (χ0n) is 18.3. The number of benzene rings is 2. The van der Waals surface area contributed by atoms with Gasteiger partial charge in [0.2, 0.25) is 5.91 Å². The molecular formula is C24H22N4O3S2. The largest absolute Gasteiger partial charge is 0.361 e. The van der Waals surface area contributed by atoms with Crippen LogP contribution in [0.3, 0.4) is 0 Å². The Morgan fingerprint density at radius 3 is 2.52 bits per heavy atom. The lowest BCUT2D eigenvalue weighted by Gasteiger charge is -2.08. The summed E-state index contributed by atoms with van der Waals surface area (Å²) in [6, 6.07) is 14.9. The van der Waals surface area contributed by atoms with E-state index in [0.29, 0.717) is 16.4 Å². The number of thioether (sulfide) groups is 1. The molecule has 0 aliphatic carbocycles. The molecule has 0 radical (unpaired) electrons. The van der Waals surface area contributed by atoms with Crippen molar-refractivity contribution in [3.8, 4) is 11.3 Å². The van der Waals surface area contributed by atoms with Gasteiger partial charge >= 0.3 is 0 Å². The third-order valence-corrected chi connectivity index (χ3v) is 6.77. The number of carbonyl (C=O) groups is 2. The Morgan fingerprint density at radius 1 is 1.06 bits per heavy atom. The number of carbonyl (C=O) groups excluding carboxylic acids is 2. The molecule has 0 aliphatic heterocycles. The Bertz CT molecular complexity index is 1280. The number of hydrogen-bond acceptors (Lipinski definition) is 7. The summed E-state index contributed by atoms with van der Waals surface area (Å²) in [4.78, 5) is 29.6. The quantitative estimate of drug-likeness (QED) is 0.320. The maximum absolute atomic E-state index is 13.0. The maximum Gasteiger partial charge on any atom is 0.258 e. The van der Waals surface area contributed by atoms with E-state index < -0.39 is 0 Å². The molecule has 0 saturated carbocycles. The molecule has 2 N–H and O–H groups in total. The third kappa shape index (κ3) is 5.50. The van der Waals surface area contributed by atoms with Crippen LogP contribution in [0.25, 0.3) is 11.3 Å². The van der Waals surface area contributed by atoms with E-state index in [-0.39, 0.29) is 11.8 Å². The van der Waals surface area contributed by atoms with Crippen molar-refractivity contribution in [2.75, 3.05) is 10.6 Å². The summed E-state index contributed by atoms with van der Waals surface area (Å²) in [5, 5.41) is 12.1. The molecule has 2 amide bonds. The molecule has 33 heavy (non-hydrogen) atoms. The molecule has 168 valence electrons. The van der Waals surface area contributed by atoms with Crippen LogP contribution >= 0.6 is 23.1 Å². The van der Waals surface area contributed by atoms with Crippen molar-refractivity contribution in [2.45, 2.75) is 31.4 Å². The lowest BCUT2D eigenvalue weighted by molar-refractivity contribution is -0.114. The first kappa shape index (κ1) is 22.8. The van der Waals surface area contributed by atoms with E-state index >= 15 is 0 Å². The normalized spacial score (nSPS) is 10.8. The number of nitrogens with zero attached hydrogens (tertiary/aromatic N) is 2. The van der Waals surface area contributed by atoms with E-state index in [1.54, 1.807) is 17.8 Å². The van der Waals surface area contributed by atoms with Crippen molar-refractivity contribution >= 4 is 45.7 Å². The molecule has 0 aliphatic rings. The molecule has 0 unspecified atom stereocenters. The smallest absolute Gasteiger partial charge is 0.258 e. The highest BCUT2D eigenvalue weighted by Gasteiger charge is 2.16. The number of aryl methyl sites for hydroxylation is 2. The Labute approximate surface area is 199 Å².